The molecule has 4 rings (SSSR count). The number of primary amides is 1. The summed E-state index contributed by atoms with van der Waals surface area (Å²) >= 11 is 0. The molecule has 0 radical (unpaired) electrons. The average molecular weight is 584 g/mol. The molecule has 0 unspecified atom stereocenters. The van der Waals surface area contributed by atoms with Crippen molar-refractivity contribution < 1.29 is 23.9 Å². The zero-order valence-electron chi connectivity index (χ0n) is 25.0. The van der Waals surface area contributed by atoms with Gasteiger partial charge in [0.25, 0.3) is 0 Å². The minimum absolute atomic E-state index is 0.141. The fourth-order valence-electron chi connectivity index (χ4n) is 5.16. The number of hydrogen-bond acceptors (Lipinski definition) is 7. The van der Waals surface area contributed by atoms with Crippen molar-refractivity contribution in [2.24, 2.45) is 11.5 Å². The lowest BCUT2D eigenvalue weighted by molar-refractivity contribution is -0.135. The molecule has 3 aromatic carbocycles. The Bertz CT molecular complexity index is 1610. The normalized spacial score (nSPS) is 12.3. The molecule has 0 aliphatic heterocycles. The van der Waals surface area contributed by atoms with Gasteiger partial charge < -0.3 is 30.8 Å². The summed E-state index contributed by atoms with van der Waals surface area (Å²) in [5, 5.41) is 0. The lowest BCUT2D eigenvalue weighted by Gasteiger charge is -2.31. The Morgan fingerprint density at radius 3 is 2.28 bits per heavy atom. The summed E-state index contributed by atoms with van der Waals surface area (Å²) in [5.41, 5.74) is 17.7. The van der Waals surface area contributed by atoms with Crippen LogP contribution in [-0.2, 0) is 22.5 Å². The fraction of sp³-hybridized carbons (Fsp3) is 0.273. The highest BCUT2D eigenvalue weighted by Crippen LogP contribution is 2.28. The molecule has 1 heterocycles. The van der Waals surface area contributed by atoms with Crippen LogP contribution in [0.4, 0.5) is 0 Å². The Kier molecular flexibility index (Phi) is 9.62. The Morgan fingerprint density at radius 2 is 1.67 bits per heavy atom. The number of carbonyl (C=O) groups excluding carboxylic acids is 3. The lowest BCUT2D eigenvalue weighted by atomic mass is 9.93. The zero-order chi connectivity index (χ0) is 31.3. The summed E-state index contributed by atoms with van der Waals surface area (Å²) in [6, 6.07) is 16.9. The third-order valence-electron chi connectivity index (χ3n) is 7.57. The van der Waals surface area contributed by atoms with E-state index >= 15 is 0 Å². The van der Waals surface area contributed by atoms with E-state index in [9.17, 15) is 14.4 Å². The van der Waals surface area contributed by atoms with Crippen LogP contribution in [0, 0.1) is 13.8 Å². The van der Waals surface area contributed by atoms with Crippen LogP contribution in [0.25, 0.3) is 11.3 Å². The SMILES string of the molecule is COC(=O)c1cc(CN(C(=O)[C@@H](N)Cc2c(C)cc(C(N)=O)cc2C)[C@@H](C)c2ncc(-c3ccccc3)[nH]2)ccc1OC. The molecule has 5 N–H and O–H groups in total. The molecule has 0 aliphatic rings. The standard InChI is InChI=1S/C33H37N5O5/c1-19-13-24(30(35)39)14-20(2)25(19)16-27(34)32(40)38(18-22-11-12-29(42-4)26(15-22)33(41)43-5)21(3)31-36-17-28(37-31)23-9-7-6-8-10-23/h6-15,17,21,27H,16,18,34H2,1-5H3,(H2,35,39)(H,36,37)/t21-,27-/m0/s1. The second kappa shape index (κ2) is 13.3. The van der Waals surface area contributed by atoms with E-state index in [-0.39, 0.29) is 24.4 Å². The van der Waals surface area contributed by atoms with Gasteiger partial charge in [0, 0.05) is 12.1 Å². The average Bonchev–Trinajstić information content (AvgIpc) is 3.51. The number of H-pyrrole nitrogens is 1. The van der Waals surface area contributed by atoms with Crippen LogP contribution in [0.3, 0.4) is 0 Å². The van der Waals surface area contributed by atoms with E-state index in [0.717, 1.165) is 27.9 Å². The first-order valence-electron chi connectivity index (χ1n) is 13.9. The predicted octanol–water partition coefficient (Wildman–Crippen LogP) is 4.25. The minimum Gasteiger partial charge on any atom is -0.496 e. The van der Waals surface area contributed by atoms with E-state index in [2.05, 4.69) is 9.97 Å². The Morgan fingerprint density at radius 1 is 1.00 bits per heavy atom. The number of aryl methyl sites for hydroxylation is 2. The molecule has 4 aromatic rings. The van der Waals surface area contributed by atoms with Gasteiger partial charge in [0.05, 0.1) is 38.2 Å². The number of nitrogens with two attached hydrogens (primary N) is 2. The number of nitrogens with one attached hydrogen (secondary N) is 1. The number of esters is 1. The maximum Gasteiger partial charge on any atom is 0.341 e. The monoisotopic (exact) mass is 583 g/mol. The van der Waals surface area contributed by atoms with Gasteiger partial charge in [-0.15, -0.1) is 0 Å². The quantitative estimate of drug-likeness (QED) is 0.223. The van der Waals surface area contributed by atoms with E-state index in [0.29, 0.717) is 22.7 Å². The van der Waals surface area contributed by atoms with Crippen LogP contribution in [0.15, 0.2) is 66.9 Å². The van der Waals surface area contributed by atoms with Gasteiger partial charge in [-0.2, -0.15) is 0 Å². The third kappa shape index (κ3) is 6.92. The van der Waals surface area contributed by atoms with Crippen LogP contribution < -0.4 is 16.2 Å². The Hall–Kier alpha value is -4.96. The highest BCUT2D eigenvalue weighted by Gasteiger charge is 2.29. The first kappa shape index (κ1) is 31.0. The van der Waals surface area contributed by atoms with Crippen LogP contribution >= 0.6 is 0 Å². The van der Waals surface area contributed by atoms with Crippen LogP contribution in [0.2, 0.25) is 0 Å². The minimum atomic E-state index is -0.902. The number of ether oxygens (including phenoxy) is 2. The number of imidazole rings is 1. The molecule has 1 aromatic heterocycles. The first-order valence-corrected chi connectivity index (χ1v) is 13.9. The van der Waals surface area contributed by atoms with Crippen molar-refractivity contribution >= 4 is 17.8 Å². The molecule has 2 atom stereocenters. The number of aromatic amines is 1. The van der Waals surface area contributed by atoms with E-state index in [4.69, 9.17) is 20.9 Å². The van der Waals surface area contributed by atoms with Crippen molar-refractivity contribution in [3.63, 3.8) is 0 Å². The lowest BCUT2D eigenvalue weighted by Crippen LogP contribution is -2.46. The number of carbonyl (C=O) groups is 3. The first-order chi connectivity index (χ1) is 20.5. The molecule has 0 aliphatic carbocycles. The third-order valence-corrected chi connectivity index (χ3v) is 7.57. The Labute approximate surface area is 251 Å². The van der Waals surface area contributed by atoms with Crippen LogP contribution in [-0.4, -0.2) is 52.9 Å². The largest absolute Gasteiger partial charge is 0.496 e. The number of nitrogens with zero attached hydrogens (tertiary/aromatic N) is 2. The maximum atomic E-state index is 14.1. The molecule has 0 bridgehead atoms. The van der Waals surface area contributed by atoms with Gasteiger partial charge in [-0.05, 0) is 79.3 Å². The van der Waals surface area contributed by atoms with Gasteiger partial charge >= 0.3 is 5.97 Å². The van der Waals surface area contributed by atoms with Crippen molar-refractivity contribution in [2.45, 2.75) is 45.8 Å². The van der Waals surface area contributed by atoms with Crippen molar-refractivity contribution in [2.75, 3.05) is 14.2 Å². The molecule has 0 saturated heterocycles. The van der Waals surface area contributed by atoms with E-state index in [1.807, 2.05) is 51.1 Å². The van der Waals surface area contributed by atoms with Crippen molar-refractivity contribution in [1.29, 1.82) is 0 Å². The van der Waals surface area contributed by atoms with Crippen molar-refractivity contribution in [1.82, 2.24) is 14.9 Å². The van der Waals surface area contributed by atoms with Gasteiger partial charge in [-0.1, -0.05) is 36.4 Å². The number of hydrogen-bond donors (Lipinski definition) is 3. The van der Waals surface area contributed by atoms with Gasteiger partial charge in [0.15, 0.2) is 0 Å². The molecule has 10 nitrogen and oxygen atoms in total. The van der Waals surface area contributed by atoms with E-state index in [1.54, 1.807) is 41.4 Å². The summed E-state index contributed by atoms with van der Waals surface area (Å²) in [4.78, 5) is 47.9. The van der Waals surface area contributed by atoms with E-state index in [1.165, 1.54) is 14.2 Å². The fourth-order valence-corrected chi connectivity index (χ4v) is 5.16. The van der Waals surface area contributed by atoms with Crippen LogP contribution in [0.1, 0.15) is 61.8 Å². The molecule has 0 fully saturated rings. The van der Waals surface area contributed by atoms with Crippen molar-refractivity contribution in [3.05, 3.63) is 106 Å². The molecule has 10 heteroatoms. The van der Waals surface area contributed by atoms with Gasteiger partial charge in [0.2, 0.25) is 11.8 Å². The second-order valence-electron chi connectivity index (χ2n) is 10.5. The highest BCUT2D eigenvalue weighted by molar-refractivity contribution is 5.93. The van der Waals surface area contributed by atoms with Gasteiger partial charge in [-0.25, -0.2) is 9.78 Å². The van der Waals surface area contributed by atoms with Crippen molar-refractivity contribution in [3.8, 4) is 17.0 Å². The Balaban J connectivity index is 1.69. The number of aromatic nitrogens is 2. The smallest absolute Gasteiger partial charge is 0.341 e. The molecular weight excluding hydrogens is 546 g/mol. The zero-order valence-corrected chi connectivity index (χ0v) is 25.0. The highest BCUT2D eigenvalue weighted by atomic mass is 16.5. The summed E-state index contributed by atoms with van der Waals surface area (Å²) < 4.78 is 10.3. The van der Waals surface area contributed by atoms with Gasteiger partial charge in [-0.3, -0.25) is 9.59 Å². The molecule has 0 spiro atoms. The molecule has 43 heavy (non-hydrogen) atoms. The van der Waals surface area contributed by atoms with E-state index < -0.39 is 24.0 Å². The summed E-state index contributed by atoms with van der Waals surface area (Å²) in [6.45, 7) is 5.75. The summed E-state index contributed by atoms with van der Waals surface area (Å²) in [6.07, 6.45) is 1.99. The summed E-state index contributed by atoms with van der Waals surface area (Å²) in [5.74, 6) is -0.428. The second-order valence-corrected chi connectivity index (χ2v) is 10.5. The molecular formula is C33H37N5O5. The van der Waals surface area contributed by atoms with Gasteiger partial charge in [0.1, 0.15) is 17.1 Å². The molecule has 0 saturated carbocycles. The molecule has 2 amide bonds. The number of amides is 2. The maximum absolute atomic E-state index is 14.1. The van der Waals surface area contributed by atoms with Crippen LogP contribution in [0.5, 0.6) is 5.75 Å². The predicted molar refractivity (Wildman–Crippen MR) is 163 cm³/mol. The molecule has 224 valence electrons. The number of methoxy groups -OCH3 is 2. The summed E-state index contributed by atoms with van der Waals surface area (Å²) in [7, 11) is 2.77. The topological polar surface area (TPSA) is 154 Å². The number of rotatable bonds is 11. The number of benzene rings is 3.